The third-order valence-electron chi connectivity index (χ3n) is 2.02. The van der Waals surface area contributed by atoms with Crippen molar-refractivity contribution >= 4 is 0 Å². The summed E-state index contributed by atoms with van der Waals surface area (Å²) in [7, 11) is 3.44. The van der Waals surface area contributed by atoms with Crippen molar-refractivity contribution in [1.29, 1.82) is 0 Å². The predicted molar refractivity (Wildman–Crippen MR) is 60.0 cm³/mol. The van der Waals surface area contributed by atoms with Crippen LogP contribution in [-0.4, -0.2) is 32.3 Å². The summed E-state index contributed by atoms with van der Waals surface area (Å²) in [5, 5.41) is 1.58. The van der Waals surface area contributed by atoms with Gasteiger partial charge in [0.15, 0.2) is 11.5 Å². The molecule has 4 nitrogen and oxygen atoms in total. The van der Waals surface area contributed by atoms with E-state index in [1.807, 2.05) is 25.1 Å². The number of nitrogens with two attached hydrogens (primary N) is 1. The second-order valence-corrected chi connectivity index (χ2v) is 3.48. The van der Waals surface area contributed by atoms with Crippen molar-refractivity contribution in [1.82, 2.24) is 5.01 Å². The average molecular weight is 210 g/mol. The molecule has 84 valence electrons. The summed E-state index contributed by atoms with van der Waals surface area (Å²) in [5.74, 6) is 6.99. The summed E-state index contributed by atoms with van der Waals surface area (Å²) >= 11 is 0. The Balaban J connectivity index is 2.60. The van der Waals surface area contributed by atoms with Gasteiger partial charge >= 0.3 is 0 Å². The largest absolute Gasteiger partial charge is 0.493 e. The first-order chi connectivity index (χ1) is 7.13. The molecule has 0 aliphatic carbocycles. The zero-order valence-electron chi connectivity index (χ0n) is 9.49. The molecule has 0 heterocycles. The number of likely N-dealkylation sites (N-methyl/N-ethyl adjacent to an activating group) is 1. The monoisotopic (exact) mass is 210 g/mol. The second-order valence-electron chi connectivity index (χ2n) is 3.48. The van der Waals surface area contributed by atoms with Gasteiger partial charge in [-0.15, -0.1) is 0 Å². The van der Waals surface area contributed by atoms with Crippen molar-refractivity contribution < 1.29 is 9.47 Å². The van der Waals surface area contributed by atoms with Crippen LogP contribution < -0.4 is 15.3 Å². The highest BCUT2D eigenvalue weighted by atomic mass is 16.5. The van der Waals surface area contributed by atoms with Crippen LogP contribution in [0, 0.1) is 6.92 Å². The third-order valence-corrected chi connectivity index (χ3v) is 2.02. The Morgan fingerprint density at radius 2 is 2.07 bits per heavy atom. The standard InChI is InChI=1S/C11H18N2O2/c1-9-4-5-10(11(8-9)14-3)15-7-6-13(2)12/h4-5,8H,6-7,12H2,1-3H3. The van der Waals surface area contributed by atoms with Crippen molar-refractivity contribution in [2.24, 2.45) is 5.84 Å². The summed E-state index contributed by atoms with van der Waals surface area (Å²) in [6, 6.07) is 5.84. The molecule has 0 aromatic heterocycles. The van der Waals surface area contributed by atoms with Crippen LogP contribution in [0.2, 0.25) is 0 Å². The average Bonchev–Trinajstić information content (AvgIpc) is 2.19. The van der Waals surface area contributed by atoms with Gasteiger partial charge < -0.3 is 9.47 Å². The molecule has 0 saturated carbocycles. The predicted octanol–water partition coefficient (Wildman–Crippen LogP) is 1.19. The summed E-state index contributed by atoms with van der Waals surface area (Å²) in [5.41, 5.74) is 1.15. The molecule has 0 amide bonds. The minimum Gasteiger partial charge on any atom is -0.493 e. The fraction of sp³-hybridized carbons (Fsp3) is 0.455. The molecule has 0 atom stereocenters. The van der Waals surface area contributed by atoms with E-state index in [0.717, 1.165) is 17.1 Å². The van der Waals surface area contributed by atoms with Crippen LogP contribution in [-0.2, 0) is 0 Å². The Kier molecular flexibility index (Phi) is 4.39. The maximum atomic E-state index is 5.55. The first kappa shape index (κ1) is 11.8. The molecule has 0 bridgehead atoms. The number of nitrogens with zero attached hydrogens (tertiary/aromatic N) is 1. The lowest BCUT2D eigenvalue weighted by atomic mass is 10.2. The number of benzene rings is 1. The SMILES string of the molecule is COc1cc(C)ccc1OCCN(C)N. The molecule has 1 rings (SSSR count). The van der Waals surface area contributed by atoms with Crippen LogP contribution in [0.25, 0.3) is 0 Å². The van der Waals surface area contributed by atoms with Crippen LogP contribution in [0.5, 0.6) is 11.5 Å². The molecule has 1 aromatic carbocycles. The van der Waals surface area contributed by atoms with Crippen LogP contribution >= 0.6 is 0 Å². The van der Waals surface area contributed by atoms with Crippen LogP contribution in [0.15, 0.2) is 18.2 Å². The number of aryl methyl sites for hydroxylation is 1. The molecular formula is C11H18N2O2. The smallest absolute Gasteiger partial charge is 0.161 e. The summed E-state index contributed by atoms with van der Waals surface area (Å²) < 4.78 is 10.8. The van der Waals surface area contributed by atoms with Gasteiger partial charge in [0.1, 0.15) is 6.61 Å². The van der Waals surface area contributed by atoms with Crippen molar-refractivity contribution in [2.45, 2.75) is 6.92 Å². The molecule has 0 aliphatic rings. The van der Waals surface area contributed by atoms with Gasteiger partial charge in [-0.1, -0.05) is 6.07 Å². The lowest BCUT2D eigenvalue weighted by Gasteiger charge is -2.13. The van der Waals surface area contributed by atoms with Crippen LogP contribution in [0.4, 0.5) is 0 Å². The minimum absolute atomic E-state index is 0.548. The van der Waals surface area contributed by atoms with E-state index in [2.05, 4.69) is 0 Å². The molecule has 0 radical (unpaired) electrons. The molecule has 0 unspecified atom stereocenters. The maximum absolute atomic E-state index is 5.55. The maximum Gasteiger partial charge on any atom is 0.161 e. The molecule has 0 saturated heterocycles. The Morgan fingerprint density at radius 3 is 2.67 bits per heavy atom. The van der Waals surface area contributed by atoms with Crippen molar-refractivity contribution in [3.63, 3.8) is 0 Å². The van der Waals surface area contributed by atoms with E-state index in [-0.39, 0.29) is 0 Å². The number of ether oxygens (including phenoxy) is 2. The fourth-order valence-electron chi connectivity index (χ4n) is 1.19. The van der Waals surface area contributed by atoms with E-state index >= 15 is 0 Å². The van der Waals surface area contributed by atoms with Gasteiger partial charge in [0.25, 0.3) is 0 Å². The lowest BCUT2D eigenvalue weighted by Crippen LogP contribution is -2.30. The number of hydrogen-bond acceptors (Lipinski definition) is 4. The van der Waals surface area contributed by atoms with Gasteiger partial charge in [-0.3, -0.25) is 5.84 Å². The highest BCUT2D eigenvalue weighted by molar-refractivity contribution is 5.42. The van der Waals surface area contributed by atoms with Gasteiger partial charge in [0.2, 0.25) is 0 Å². The van der Waals surface area contributed by atoms with Gasteiger partial charge in [0, 0.05) is 13.6 Å². The Morgan fingerprint density at radius 1 is 1.33 bits per heavy atom. The van der Waals surface area contributed by atoms with Crippen molar-refractivity contribution in [2.75, 3.05) is 27.3 Å². The van der Waals surface area contributed by atoms with Crippen molar-refractivity contribution in [3.8, 4) is 11.5 Å². The minimum atomic E-state index is 0.548. The molecule has 0 fully saturated rings. The van der Waals surface area contributed by atoms with Gasteiger partial charge in [-0.05, 0) is 24.6 Å². The van der Waals surface area contributed by atoms with Gasteiger partial charge in [-0.2, -0.15) is 0 Å². The first-order valence-corrected chi connectivity index (χ1v) is 4.86. The number of hydrogen-bond donors (Lipinski definition) is 1. The van der Waals surface area contributed by atoms with Crippen LogP contribution in [0.1, 0.15) is 5.56 Å². The summed E-state index contributed by atoms with van der Waals surface area (Å²) in [4.78, 5) is 0. The van der Waals surface area contributed by atoms with Crippen LogP contribution in [0.3, 0.4) is 0 Å². The third kappa shape index (κ3) is 3.77. The lowest BCUT2D eigenvalue weighted by molar-refractivity contribution is 0.233. The highest BCUT2D eigenvalue weighted by Gasteiger charge is 2.03. The van der Waals surface area contributed by atoms with Crippen molar-refractivity contribution in [3.05, 3.63) is 23.8 Å². The second kappa shape index (κ2) is 5.58. The Bertz CT molecular complexity index is 313. The zero-order valence-corrected chi connectivity index (χ0v) is 9.49. The summed E-state index contributed by atoms with van der Waals surface area (Å²) in [6.07, 6.45) is 0. The molecule has 0 spiro atoms. The summed E-state index contributed by atoms with van der Waals surface area (Å²) in [6.45, 7) is 3.24. The number of methoxy groups -OCH3 is 1. The van der Waals surface area contributed by atoms with E-state index in [1.54, 1.807) is 19.2 Å². The molecular weight excluding hydrogens is 192 g/mol. The molecule has 0 aliphatic heterocycles. The molecule has 4 heteroatoms. The highest BCUT2D eigenvalue weighted by Crippen LogP contribution is 2.27. The number of rotatable bonds is 5. The Labute approximate surface area is 90.6 Å². The molecule has 1 aromatic rings. The van der Waals surface area contributed by atoms with E-state index in [9.17, 15) is 0 Å². The molecule has 15 heavy (non-hydrogen) atoms. The van der Waals surface area contributed by atoms with E-state index in [0.29, 0.717) is 13.2 Å². The zero-order chi connectivity index (χ0) is 11.3. The normalized spacial score (nSPS) is 10.5. The number of hydrazine groups is 1. The van der Waals surface area contributed by atoms with E-state index in [1.165, 1.54) is 0 Å². The first-order valence-electron chi connectivity index (χ1n) is 4.86. The van der Waals surface area contributed by atoms with E-state index in [4.69, 9.17) is 15.3 Å². The van der Waals surface area contributed by atoms with Gasteiger partial charge in [-0.25, -0.2) is 5.01 Å². The quantitative estimate of drug-likeness (QED) is 0.586. The van der Waals surface area contributed by atoms with E-state index < -0.39 is 0 Å². The topological polar surface area (TPSA) is 47.7 Å². The molecule has 2 N–H and O–H groups in total. The Hall–Kier alpha value is -1.26. The van der Waals surface area contributed by atoms with Gasteiger partial charge in [0.05, 0.1) is 7.11 Å². The fourth-order valence-corrected chi connectivity index (χ4v) is 1.19.